The van der Waals surface area contributed by atoms with Gasteiger partial charge in [0.15, 0.2) is 0 Å². The average Bonchev–Trinajstić information content (AvgIpc) is 3.14. The van der Waals surface area contributed by atoms with Crippen molar-refractivity contribution in [2.45, 2.75) is 18.9 Å². The highest BCUT2D eigenvalue weighted by Crippen LogP contribution is 2.33. The van der Waals surface area contributed by atoms with E-state index in [0.717, 1.165) is 41.5 Å². The van der Waals surface area contributed by atoms with Crippen LogP contribution < -0.4 is 5.56 Å². The molecule has 1 aromatic carbocycles. The molecule has 1 aliphatic heterocycles. The van der Waals surface area contributed by atoms with Crippen molar-refractivity contribution in [1.82, 2.24) is 14.8 Å². The summed E-state index contributed by atoms with van der Waals surface area (Å²) in [7, 11) is 4.29. The molecule has 3 aromatic rings. The molecule has 1 saturated heterocycles. The quantitative estimate of drug-likeness (QED) is 0.724. The molecule has 1 unspecified atom stereocenters. The maximum absolute atomic E-state index is 12.2. The molecule has 27 heavy (non-hydrogen) atoms. The van der Waals surface area contributed by atoms with Crippen molar-refractivity contribution in [2.24, 2.45) is 0 Å². The Bertz CT molecular complexity index is 1050. The first-order chi connectivity index (χ1) is 13.0. The van der Waals surface area contributed by atoms with Gasteiger partial charge in [-0.1, -0.05) is 12.2 Å². The summed E-state index contributed by atoms with van der Waals surface area (Å²) < 4.78 is 0.701. The molecule has 0 aliphatic carbocycles. The Kier molecular flexibility index (Phi) is 5.04. The fourth-order valence-corrected chi connectivity index (χ4v) is 4.77. The normalized spacial score (nSPS) is 19.0. The third kappa shape index (κ3) is 3.52. The fraction of sp³-hybridized carbons (Fsp3) is 0.381. The van der Waals surface area contributed by atoms with E-state index in [-0.39, 0.29) is 11.3 Å². The summed E-state index contributed by atoms with van der Waals surface area (Å²) in [5.41, 5.74) is 1.46. The third-order valence-electron chi connectivity index (χ3n) is 5.47. The van der Waals surface area contributed by atoms with Gasteiger partial charge in [0.05, 0.1) is 0 Å². The van der Waals surface area contributed by atoms with Gasteiger partial charge in [-0.15, -0.1) is 11.3 Å². The van der Waals surface area contributed by atoms with E-state index in [1.165, 1.54) is 24.2 Å². The lowest BCUT2D eigenvalue weighted by molar-refractivity contribution is 0.144. The highest BCUT2D eigenvalue weighted by Gasteiger charge is 2.20. The first kappa shape index (κ1) is 18.2. The van der Waals surface area contributed by atoms with Gasteiger partial charge in [-0.25, -0.2) is 0 Å². The number of piperidine rings is 1. The van der Waals surface area contributed by atoms with Crippen molar-refractivity contribution in [3.63, 3.8) is 0 Å². The van der Waals surface area contributed by atoms with Gasteiger partial charge in [-0.3, -0.25) is 9.69 Å². The smallest absolute Gasteiger partial charge is 0.266 e. The van der Waals surface area contributed by atoms with Crippen LogP contribution in [0.4, 0.5) is 0 Å². The van der Waals surface area contributed by atoms with Crippen molar-refractivity contribution in [1.29, 1.82) is 0 Å². The molecule has 2 aromatic heterocycles. The van der Waals surface area contributed by atoms with Crippen LogP contribution >= 0.6 is 11.3 Å². The molecule has 0 saturated carbocycles. The maximum Gasteiger partial charge on any atom is 0.266 e. The minimum atomic E-state index is -0.0730. The van der Waals surface area contributed by atoms with Crippen molar-refractivity contribution >= 4 is 38.4 Å². The number of likely N-dealkylation sites (N-methyl/N-ethyl adjacent to an activating group) is 1. The minimum absolute atomic E-state index is 0.0730. The molecule has 4 rings (SSSR count). The molecule has 1 aliphatic rings. The van der Waals surface area contributed by atoms with E-state index >= 15 is 0 Å². The maximum atomic E-state index is 12.2. The predicted octanol–water partition coefficient (Wildman–Crippen LogP) is 3.49. The van der Waals surface area contributed by atoms with Crippen molar-refractivity contribution in [3.05, 3.63) is 45.6 Å². The number of hydrogen-bond acceptors (Lipinski definition) is 5. The molecule has 142 valence electrons. The van der Waals surface area contributed by atoms with E-state index in [2.05, 4.69) is 35.0 Å². The Morgan fingerprint density at radius 3 is 3.04 bits per heavy atom. The van der Waals surface area contributed by atoms with Crippen LogP contribution in [0.25, 0.3) is 27.1 Å². The third-order valence-corrected chi connectivity index (χ3v) is 6.38. The molecule has 0 bridgehead atoms. The van der Waals surface area contributed by atoms with Gasteiger partial charge in [0, 0.05) is 41.0 Å². The molecule has 3 heterocycles. The Labute approximate surface area is 162 Å². The van der Waals surface area contributed by atoms with Crippen LogP contribution in [0.5, 0.6) is 5.75 Å². The van der Waals surface area contributed by atoms with E-state index in [0.29, 0.717) is 10.7 Å². The Morgan fingerprint density at radius 2 is 2.22 bits per heavy atom. The number of benzene rings is 1. The molecule has 1 atom stereocenters. The Morgan fingerprint density at radius 1 is 1.37 bits per heavy atom. The number of aromatic hydroxyl groups is 1. The topological polar surface area (TPSA) is 59.6 Å². The lowest BCUT2D eigenvalue weighted by Gasteiger charge is -2.35. The summed E-state index contributed by atoms with van der Waals surface area (Å²) in [5.74, 6) is 0.239. The molecular formula is C21H25N3O2S. The number of phenols is 1. The second-order valence-electron chi connectivity index (χ2n) is 7.46. The van der Waals surface area contributed by atoms with Crippen molar-refractivity contribution < 1.29 is 5.11 Å². The standard InChI is InChI=1S/C21H25N3O2S/c1-23(2)14-5-3-10-24(13-14)11-4-6-15-18(25)8-7-17-19(15)16-9-12-27-20(16)21(26)22-17/h4,6-9,12,14,25H,3,5,10-11,13H2,1-2H3,(H,22,26). The molecular weight excluding hydrogens is 358 g/mol. The zero-order chi connectivity index (χ0) is 19.0. The Hall–Kier alpha value is -2.15. The summed E-state index contributed by atoms with van der Waals surface area (Å²) >= 11 is 1.43. The van der Waals surface area contributed by atoms with Crippen LogP contribution in [0.3, 0.4) is 0 Å². The van der Waals surface area contributed by atoms with E-state index in [4.69, 9.17) is 0 Å². The second kappa shape index (κ2) is 7.46. The number of nitrogens with zero attached hydrogens (tertiary/aromatic N) is 2. The average molecular weight is 384 g/mol. The second-order valence-corrected chi connectivity index (χ2v) is 8.38. The molecule has 1 fully saturated rings. The Balaban J connectivity index is 1.65. The molecule has 6 heteroatoms. The number of likely N-dealkylation sites (tertiary alicyclic amines) is 1. The number of H-pyrrole nitrogens is 1. The first-order valence-electron chi connectivity index (χ1n) is 9.35. The highest BCUT2D eigenvalue weighted by atomic mass is 32.1. The lowest BCUT2D eigenvalue weighted by Crippen LogP contribution is -2.45. The van der Waals surface area contributed by atoms with Crippen LogP contribution in [-0.2, 0) is 0 Å². The van der Waals surface area contributed by atoms with Gasteiger partial charge in [-0.2, -0.15) is 0 Å². The van der Waals surface area contributed by atoms with Crippen molar-refractivity contribution in [2.75, 3.05) is 33.7 Å². The first-order valence-corrected chi connectivity index (χ1v) is 10.2. The number of pyridine rings is 1. The van der Waals surface area contributed by atoms with Gasteiger partial charge in [-0.05, 0) is 57.1 Å². The molecule has 0 radical (unpaired) electrons. The van der Waals surface area contributed by atoms with Gasteiger partial charge in [0.25, 0.3) is 5.56 Å². The largest absolute Gasteiger partial charge is 0.507 e. The molecule has 0 amide bonds. The highest BCUT2D eigenvalue weighted by molar-refractivity contribution is 7.17. The van der Waals surface area contributed by atoms with Crippen LogP contribution in [0.15, 0.2) is 34.4 Å². The summed E-state index contributed by atoms with van der Waals surface area (Å²) in [6.45, 7) is 3.04. The number of phenolic OH excluding ortho intramolecular Hbond substituents is 1. The molecule has 0 spiro atoms. The minimum Gasteiger partial charge on any atom is -0.507 e. The van der Waals surface area contributed by atoms with Crippen molar-refractivity contribution in [3.8, 4) is 5.75 Å². The molecule has 2 N–H and O–H groups in total. The lowest BCUT2D eigenvalue weighted by atomic mass is 10.0. The fourth-order valence-electron chi connectivity index (χ4n) is 3.97. The molecule has 5 nitrogen and oxygen atoms in total. The van der Waals surface area contributed by atoms with Gasteiger partial charge < -0.3 is 15.0 Å². The monoisotopic (exact) mass is 383 g/mol. The zero-order valence-electron chi connectivity index (χ0n) is 15.7. The summed E-state index contributed by atoms with van der Waals surface area (Å²) in [6, 6.07) is 5.99. The SMILES string of the molecule is CN(C)C1CCCN(CC=Cc2c(O)ccc3[nH]c(=O)c4sccc4c23)C1. The number of rotatable bonds is 4. The summed E-state index contributed by atoms with van der Waals surface area (Å²) in [4.78, 5) is 19.9. The number of aromatic nitrogens is 1. The number of hydrogen-bond donors (Lipinski definition) is 2. The number of thiophene rings is 1. The number of fused-ring (bicyclic) bond motifs is 3. The van der Waals surface area contributed by atoms with Crippen LogP contribution in [0.2, 0.25) is 0 Å². The van der Waals surface area contributed by atoms with E-state index in [1.54, 1.807) is 12.1 Å². The number of nitrogens with one attached hydrogen (secondary N) is 1. The van der Waals surface area contributed by atoms with Crippen LogP contribution in [-0.4, -0.2) is 59.7 Å². The summed E-state index contributed by atoms with van der Waals surface area (Å²) in [6.07, 6.45) is 6.58. The van der Waals surface area contributed by atoms with Crippen LogP contribution in [0.1, 0.15) is 18.4 Å². The van der Waals surface area contributed by atoms with E-state index in [1.807, 2.05) is 17.5 Å². The van der Waals surface area contributed by atoms with E-state index < -0.39 is 0 Å². The number of aromatic amines is 1. The van der Waals surface area contributed by atoms with E-state index in [9.17, 15) is 9.90 Å². The van der Waals surface area contributed by atoms with Crippen LogP contribution in [0, 0.1) is 0 Å². The predicted molar refractivity (Wildman–Crippen MR) is 114 cm³/mol. The summed E-state index contributed by atoms with van der Waals surface area (Å²) in [5, 5.41) is 14.2. The van der Waals surface area contributed by atoms with Gasteiger partial charge in [0.2, 0.25) is 0 Å². The van der Waals surface area contributed by atoms with Gasteiger partial charge in [0.1, 0.15) is 10.4 Å². The van der Waals surface area contributed by atoms with Gasteiger partial charge >= 0.3 is 0 Å². The zero-order valence-corrected chi connectivity index (χ0v) is 16.6.